The number of carbonyl (C=O) groups is 1. The Morgan fingerprint density at radius 1 is 1.04 bits per heavy atom. The summed E-state index contributed by atoms with van der Waals surface area (Å²) in [4.78, 5) is 12.5. The number of aryl methyl sites for hydroxylation is 2. The maximum absolute atomic E-state index is 12.6. The van der Waals surface area contributed by atoms with Crippen molar-refractivity contribution < 1.29 is 31.1 Å². The third-order valence-corrected chi connectivity index (χ3v) is 4.72. The van der Waals surface area contributed by atoms with Crippen molar-refractivity contribution in [3.8, 4) is 0 Å². The molecule has 0 spiro atoms. The lowest BCUT2D eigenvalue weighted by Crippen LogP contribution is -2.43. The van der Waals surface area contributed by atoms with Crippen LogP contribution in [0.4, 0.5) is 26.3 Å². The second-order valence-electron chi connectivity index (χ2n) is 7.08. The molecule has 1 amide bonds. The lowest BCUT2D eigenvalue weighted by atomic mass is 9.97. The summed E-state index contributed by atoms with van der Waals surface area (Å²) in [6.45, 7) is 1.16. The third-order valence-electron chi connectivity index (χ3n) is 4.72. The van der Waals surface area contributed by atoms with Gasteiger partial charge in [0.2, 0.25) is 0 Å². The first-order chi connectivity index (χ1) is 13.0. The Hall–Kier alpha value is -1.77. The van der Waals surface area contributed by atoms with Gasteiger partial charge in [0.05, 0.1) is 0 Å². The van der Waals surface area contributed by atoms with Crippen LogP contribution in [0.5, 0.6) is 0 Å². The second kappa shape index (κ2) is 9.62. The van der Waals surface area contributed by atoms with Crippen LogP contribution < -0.4 is 10.6 Å². The van der Waals surface area contributed by atoms with Gasteiger partial charge in [0.25, 0.3) is 5.91 Å². The van der Waals surface area contributed by atoms with E-state index in [-0.39, 0.29) is 29.2 Å². The molecule has 28 heavy (non-hydrogen) atoms. The van der Waals surface area contributed by atoms with Crippen LogP contribution in [0.2, 0.25) is 0 Å². The molecule has 2 rings (SSSR count). The highest BCUT2D eigenvalue weighted by atomic mass is 19.4. The SMILES string of the molecule is O=C(NCC1CCCCN1)c1cc(CCC(F)(F)F)ccc1CCC(F)(F)F. The van der Waals surface area contributed by atoms with Crippen molar-refractivity contribution in [1.29, 1.82) is 0 Å². The van der Waals surface area contributed by atoms with E-state index in [1.54, 1.807) is 0 Å². The van der Waals surface area contributed by atoms with Crippen LogP contribution in [-0.4, -0.2) is 37.4 Å². The maximum atomic E-state index is 12.6. The van der Waals surface area contributed by atoms with Gasteiger partial charge in [-0.05, 0) is 49.4 Å². The molecule has 1 atom stereocenters. The van der Waals surface area contributed by atoms with Crippen LogP contribution in [0, 0.1) is 0 Å². The zero-order chi connectivity index (χ0) is 20.8. The first-order valence-corrected chi connectivity index (χ1v) is 9.30. The fraction of sp³-hybridized carbons (Fsp3) is 0.632. The minimum absolute atomic E-state index is 0.0136. The van der Waals surface area contributed by atoms with Gasteiger partial charge in [-0.1, -0.05) is 18.6 Å². The molecule has 1 unspecified atom stereocenters. The highest BCUT2D eigenvalue weighted by molar-refractivity contribution is 5.96. The van der Waals surface area contributed by atoms with Crippen molar-refractivity contribution >= 4 is 5.91 Å². The number of hydrogen-bond acceptors (Lipinski definition) is 2. The van der Waals surface area contributed by atoms with E-state index in [9.17, 15) is 31.1 Å². The molecule has 9 heteroatoms. The first-order valence-electron chi connectivity index (χ1n) is 9.30. The van der Waals surface area contributed by atoms with Crippen LogP contribution >= 0.6 is 0 Å². The topological polar surface area (TPSA) is 41.1 Å². The summed E-state index contributed by atoms with van der Waals surface area (Å²) in [5.74, 6) is -0.557. The third kappa shape index (κ3) is 8.08. The van der Waals surface area contributed by atoms with Crippen molar-refractivity contribution in [2.75, 3.05) is 13.1 Å². The number of amides is 1. The van der Waals surface area contributed by atoms with E-state index < -0.39 is 37.5 Å². The number of nitrogens with one attached hydrogen (secondary N) is 2. The van der Waals surface area contributed by atoms with Crippen molar-refractivity contribution in [2.45, 2.75) is 63.3 Å². The van der Waals surface area contributed by atoms with Crippen molar-refractivity contribution in [1.82, 2.24) is 10.6 Å². The van der Waals surface area contributed by atoms with Crippen LogP contribution in [0.25, 0.3) is 0 Å². The van der Waals surface area contributed by atoms with E-state index in [0.717, 1.165) is 25.8 Å². The average molecular weight is 410 g/mol. The maximum Gasteiger partial charge on any atom is 0.389 e. The molecule has 0 radical (unpaired) electrons. The molecule has 1 fully saturated rings. The molecule has 3 nitrogen and oxygen atoms in total. The minimum Gasteiger partial charge on any atom is -0.350 e. The molecular weight excluding hydrogens is 386 g/mol. The van der Waals surface area contributed by atoms with E-state index in [1.807, 2.05) is 0 Å². The molecule has 1 aliphatic heterocycles. The molecule has 1 aromatic carbocycles. The van der Waals surface area contributed by atoms with Crippen molar-refractivity contribution in [3.05, 3.63) is 34.9 Å². The summed E-state index contributed by atoms with van der Waals surface area (Å²) in [5, 5.41) is 5.95. The normalized spacial score (nSPS) is 18.1. The van der Waals surface area contributed by atoms with Crippen LogP contribution in [0.3, 0.4) is 0 Å². The summed E-state index contributed by atoms with van der Waals surface area (Å²) in [6, 6.07) is 4.05. The van der Waals surface area contributed by atoms with Gasteiger partial charge in [0, 0.05) is 31.0 Å². The van der Waals surface area contributed by atoms with E-state index >= 15 is 0 Å². The smallest absolute Gasteiger partial charge is 0.350 e. The zero-order valence-electron chi connectivity index (χ0n) is 15.3. The Labute approximate surface area is 159 Å². The summed E-state index contributed by atoms with van der Waals surface area (Å²) < 4.78 is 75.0. The van der Waals surface area contributed by atoms with E-state index in [4.69, 9.17) is 0 Å². The summed E-state index contributed by atoms with van der Waals surface area (Å²) in [6.07, 6.45) is -8.64. The molecule has 0 aliphatic carbocycles. The largest absolute Gasteiger partial charge is 0.389 e. The van der Waals surface area contributed by atoms with Gasteiger partial charge in [0.15, 0.2) is 0 Å². The lowest BCUT2D eigenvalue weighted by molar-refractivity contribution is -0.135. The Morgan fingerprint density at radius 3 is 2.32 bits per heavy atom. The predicted octanol–water partition coefficient (Wildman–Crippen LogP) is 4.55. The number of alkyl halides is 6. The number of halogens is 6. The molecule has 0 aromatic heterocycles. The van der Waals surface area contributed by atoms with Gasteiger partial charge >= 0.3 is 12.4 Å². The molecule has 2 N–H and O–H groups in total. The molecule has 0 bridgehead atoms. The molecule has 1 saturated heterocycles. The molecule has 158 valence electrons. The highest BCUT2D eigenvalue weighted by Gasteiger charge is 2.29. The Bertz CT molecular complexity index is 651. The van der Waals surface area contributed by atoms with Crippen LogP contribution in [0.1, 0.15) is 53.6 Å². The number of benzene rings is 1. The molecular formula is C19H24F6N2O. The van der Waals surface area contributed by atoms with E-state index in [1.165, 1.54) is 18.2 Å². The van der Waals surface area contributed by atoms with Gasteiger partial charge in [0.1, 0.15) is 0 Å². The second-order valence-corrected chi connectivity index (χ2v) is 7.08. The summed E-state index contributed by atoms with van der Waals surface area (Å²) in [5.41, 5.74) is 0.468. The van der Waals surface area contributed by atoms with E-state index in [0.29, 0.717) is 6.54 Å². The van der Waals surface area contributed by atoms with Gasteiger partial charge < -0.3 is 10.6 Å². The number of carbonyl (C=O) groups excluding carboxylic acids is 1. The summed E-state index contributed by atoms with van der Waals surface area (Å²) in [7, 11) is 0. The monoisotopic (exact) mass is 410 g/mol. The van der Waals surface area contributed by atoms with Crippen LogP contribution in [0.15, 0.2) is 18.2 Å². The van der Waals surface area contributed by atoms with E-state index in [2.05, 4.69) is 10.6 Å². The van der Waals surface area contributed by atoms with Gasteiger partial charge in [-0.25, -0.2) is 0 Å². The Morgan fingerprint density at radius 2 is 1.71 bits per heavy atom. The molecule has 0 saturated carbocycles. The standard InChI is InChI=1S/C19H24F6N2O/c20-18(21,22)8-6-13-4-5-14(7-9-19(23,24)25)16(11-13)17(28)27-12-15-3-1-2-10-26-15/h4-5,11,15,26H,1-3,6-10,12H2,(H,27,28). The van der Waals surface area contributed by atoms with Crippen LogP contribution in [-0.2, 0) is 12.8 Å². The number of hydrogen-bond donors (Lipinski definition) is 2. The van der Waals surface area contributed by atoms with Crippen molar-refractivity contribution in [2.24, 2.45) is 0 Å². The predicted molar refractivity (Wildman–Crippen MR) is 93.2 cm³/mol. The summed E-state index contributed by atoms with van der Waals surface area (Å²) >= 11 is 0. The minimum atomic E-state index is -4.38. The molecule has 1 aliphatic rings. The van der Waals surface area contributed by atoms with Gasteiger partial charge in [-0.15, -0.1) is 0 Å². The fourth-order valence-electron chi connectivity index (χ4n) is 3.18. The number of piperidine rings is 1. The quantitative estimate of drug-likeness (QED) is 0.648. The van der Waals surface area contributed by atoms with Crippen molar-refractivity contribution in [3.63, 3.8) is 0 Å². The molecule has 1 aromatic rings. The Kier molecular flexibility index (Phi) is 7.74. The Balaban J connectivity index is 2.11. The fourth-order valence-corrected chi connectivity index (χ4v) is 3.18. The first kappa shape index (κ1) is 22.5. The molecule has 1 heterocycles. The average Bonchev–Trinajstić information content (AvgIpc) is 2.62. The highest BCUT2D eigenvalue weighted by Crippen LogP contribution is 2.26. The van der Waals surface area contributed by atoms with Gasteiger partial charge in [-0.2, -0.15) is 26.3 Å². The zero-order valence-corrected chi connectivity index (χ0v) is 15.3. The number of rotatable bonds is 7. The van der Waals surface area contributed by atoms with Gasteiger partial charge in [-0.3, -0.25) is 4.79 Å². The lowest BCUT2D eigenvalue weighted by Gasteiger charge is -2.24.